The number of H-pyrrole nitrogens is 1. The Balaban J connectivity index is 1.59. The molecule has 1 saturated heterocycles. The topological polar surface area (TPSA) is 128 Å². The molecule has 0 aliphatic carbocycles. The van der Waals surface area contributed by atoms with Crippen LogP contribution in [0.3, 0.4) is 0 Å². The van der Waals surface area contributed by atoms with E-state index in [4.69, 9.17) is 14.9 Å². The van der Waals surface area contributed by atoms with Crippen LogP contribution >= 0.6 is 11.8 Å². The molecule has 0 atom stereocenters. The summed E-state index contributed by atoms with van der Waals surface area (Å²) in [6, 6.07) is 3.07. The van der Waals surface area contributed by atoms with Gasteiger partial charge in [0.1, 0.15) is 13.1 Å². The van der Waals surface area contributed by atoms with Crippen molar-refractivity contribution in [1.29, 1.82) is 0 Å². The molecule has 25 heavy (non-hydrogen) atoms. The summed E-state index contributed by atoms with van der Waals surface area (Å²) in [5.41, 5.74) is 5.26. The first-order chi connectivity index (χ1) is 12.1. The Bertz CT molecular complexity index is 771. The molecule has 0 aromatic carbocycles. The van der Waals surface area contributed by atoms with E-state index in [1.54, 1.807) is 6.07 Å². The molecule has 0 bridgehead atoms. The van der Waals surface area contributed by atoms with Crippen LogP contribution in [0.2, 0.25) is 0 Å². The normalized spacial score (nSPS) is 15.2. The molecule has 1 aliphatic rings. The maximum absolute atomic E-state index is 12.2. The number of ether oxygens (including phenoxy) is 1. The Kier molecular flexibility index (Phi) is 5.74. The lowest BCUT2D eigenvalue weighted by Crippen LogP contribution is -3.14. The van der Waals surface area contributed by atoms with Crippen LogP contribution in [0.5, 0.6) is 0 Å². The van der Waals surface area contributed by atoms with E-state index in [-0.39, 0.29) is 17.3 Å². The third-order valence-electron chi connectivity index (χ3n) is 3.80. The smallest absolute Gasteiger partial charge is 0.291 e. The van der Waals surface area contributed by atoms with Crippen LogP contribution in [0.25, 0.3) is 0 Å². The third-order valence-corrected chi connectivity index (χ3v) is 4.68. The van der Waals surface area contributed by atoms with E-state index >= 15 is 0 Å². The van der Waals surface area contributed by atoms with Gasteiger partial charge in [0.05, 0.1) is 31.8 Å². The number of anilines is 2. The minimum absolute atomic E-state index is 0.0233. The lowest BCUT2D eigenvalue weighted by molar-refractivity contribution is -0.905. The van der Waals surface area contributed by atoms with Crippen molar-refractivity contribution < 1.29 is 18.8 Å². The highest BCUT2D eigenvalue weighted by Gasteiger charge is 2.17. The van der Waals surface area contributed by atoms with Crippen LogP contribution in [0, 0.1) is 0 Å². The van der Waals surface area contributed by atoms with Gasteiger partial charge >= 0.3 is 0 Å². The molecule has 3 heterocycles. The van der Waals surface area contributed by atoms with E-state index in [1.165, 1.54) is 29.0 Å². The van der Waals surface area contributed by atoms with Crippen molar-refractivity contribution in [2.75, 3.05) is 49.7 Å². The van der Waals surface area contributed by atoms with Crippen LogP contribution in [-0.4, -0.2) is 54.5 Å². The monoisotopic (exact) mass is 366 g/mol. The summed E-state index contributed by atoms with van der Waals surface area (Å²) in [5.74, 6) is 0.312. The second kappa shape index (κ2) is 8.19. The van der Waals surface area contributed by atoms with Gasteiger partial charge in [-0.25, -0.2) is 4.98 Å². The Morgan fingerprint density at radius 3 is 2.92 bits per heavy atom. The zero-order valence-electron chi connectivity index (χ0n) is 13.5. The summed E-state index contributed by atoms with van der Waals surface area (Å²) >= 11 is 1.43. The molecule has 2 aromatic rings. The Morgan fingerprint density at radius 2 is 2.24 bits per heavy atom. The molecule has 9 nitrogen and oxygen atoms in total. The molecule has 0 radical (unpaired) electrons. The van der Waals surface area contributed by atoms with Crippen LogP contribution in [0.4, 0.5) is 11.5 Å². The zero-order chi connectivity index (χ0) is 17.6. The summed E-state index contributed by atoms with van der Waals surface area (Å²) in [6.07, 6.45) is 1.37. The number of rotatable bonds is 6. The molecular formula is C15H20N5O4S+. The lowest BCUT2D eigenvalue weighted by Gasteiger charge is -2.23. The average Bonchev–Trinajstić information content (AvgIpc) is 3.14. The number of hydrogen-bond donors (Lipinski definition) is 4. The van der Waals surface area contributed by atoms with Gasteiger partial charge in [-0.05, 0) is 12.1 Å². The van der Waals surface area contributed by atoms with E-state index in [9.17, 15) is 9.59 Å². The number of quaternary nitrogens is 1. The van der Waals surface area contributed by atoms with E-state index in [1.807, 2.05) is 0 Å². The number of nitrogen functional groups attached to an aromatic ring is 1. The molecule has 2 aromatic heterocycles. The van der Waals surface area contributed by atoms with E-state index < -0.39 is 11.5 Å². The Morgan fingerprint density at radius 1 is 1.44 bits per heavy atom. The van der Waals surface area contributed by atoms with Gasteiger partial charge in [0, 0.05) is 0 Å². The zero-order valence-corrected chi connectivity index (χ0v) is 14.4. The van der Waals surface area contributed by atoms with Crippen molar-refractivity contribution in [3.63, 3.8) is 0 Å². The number of hydrogen-bond acceptors (Lipinski definition) is 7. The maximum atomic E-state index is 12.2. The fourth-order valence-electron chi connectivity index (χ4n) is 2.44. The van der Waals surface area contributed by atoms with Gasteiger partial charge in [-0.1, -0.05) is 11.8 Å². The number of aromatic nitrogens is 2. The number of nitrogens with zero attached hydrogens (tertiary/aromatic N) is 1. The third kappa shape index (κ3) is 4.62. The van der Waals surface area contributed by atoms with Gasteiger partial charge < -0.3 is 25.1 Å². The molecule has 0 saturated carbocycles. The number of carbonyl (C=O) groups excluding carboxylic acids is 1. The number of nitrogens with two attached hydrogens (primary N) is 1. The van der Waals surface area contributed by atoms with Crippen LogP contribution in [0.1, 0.15) is 10.6 Å². The number of aromatic amines is 1. The quantitative estimate of drug-likeness (QED) is 0.389. The van der Waals surface area contributed by atoms with Gasteiger partial charge in [-0.15, -0.1) is 0 Å². The molecule has 0 spiro atoms. The summed E-state index contributed by atoms with van der Waals surface area (Å²) < 4.78 is 10.3. The number of thioether (sulfide) groups is 1. The molecule has 5 N–H and O–H groups in total. The first-order valence-corrected chi connectivity index (χ1v) is 8.91. The molecular weight excluding hydrogens is 346 g/mol. The average molecular weight is 366 g/mol. The second-order valence-electron chi connectivity index (χ2n) is 5.52. The highest BCUT2D eigenvalue weighted by Crippen LogP contribution is 2.16. The van der Waals surface area contributed by atoms with Gasteiger partial charge in [-0.2, -0.15) is 0 Å². The Labute approximate surface area is 147 Å². The maximum Gasteiger partial charge on any atom is 0.291 e. The van der Waals surface area contributed by atoms with E-state index in [2.05, 4.69) is 15.3 Å². The lowest BCUT2D eigenvalue weighted by atomic mass is 10.4. The molecule has 1 amide bonds. The van der Waals surface area contributed by atoms with Gasteiger partial charge in [0.2, 0.25) is 0 Å². The second-order valence-corrected chi connectivity index (χ2v) is 6.61. The van der Waals surface area contributed by atoms with Crippen molar-refractivity contribution in [3.05, 3.63) is 34.5 Å². The predicted octanol–water partition coefficient (Wildman–Crippen LogP) is -0.795. The van der Waals surface area contributed by atoms with Crippen LogP contribution < -0.4 is 21.5 Å². The SMILES string of the molecule is Nc1nc(SCC[NH+]2CCOCC2)[nH]c(=O)c1NC(=O)c1ccco1. The minimum atomic E-state index is -0.555. The summed E-state index contributed by atoms with van der Waals surface area (Å²) in [5, 5.41) is 2.86. The van der Waals surface area contributed by atoms with E-state index in [0.29, 0.717) is 5.16 Å². The van der Waals surface area contributed by atoms with Crippen molar-refractivity contribution in [1.82, 2.24) is 9.97 Å². The molecule has 134 valence electrons. The molecule has 1 aliphatic heterocycles. The van der Waals surface area contributed by atoms with Gasteiger partial charge in [0.25, 0.3) is 11.5 Å². The summed E-state index contributed by atoms with van der Waals surface area (Å²) in [4.78, 5) is 32.4. The number of nitrogens with one attached hydrogen (secondary N) is 3. The minimum Gasteiger partial charge on any atom is -0.459 e. The van der Waals surface area contributed by atoms with Gasteiger partial charge in [0.15, 0.2) is 22.4 Å². The first kappa shape index (κ1) is 17.5. The number of amides is 1. The van der Waals surface area contributed by atoms with Gasteiger partial charge in [-0.3, -0.25) is 14.6 Å². The van der Waals surface area contributed by atoms with Crippen molar-refractivity contribution in [2.45, 2.75) is 5.16 Å². The largest absolute Gasteiger partial charge is 0.459 e. The summed E-state index contributed by atoms with van der Waals surface area (Å²) in [7, 11) is 0. The van der Waals surface area contributed by atoms with Crippen LogP contribution in [-0.2, 0) is 4.74 Å². The van der Waals surface area contributed by atoms with Crippen molar-refractivity contribution in [2.24, 2.45) is 0 Å². The standard InChI is InChI=1S/C15H19N5O4S/c16-12-11(17-13(21)10-2-1-6-24-10)14(22)19-15(18-12)25-9-5-20-3-7-23-8-4-20/h1-2,6H,3-5,7-9H2,(H,17,21)(H3,16,18,19,22)/p+1. The fourth-order valence-corrected chi connectivity index (χ4v) is 3.36. The first-order valence-electron chi connectivity index (χ1n) is 7.92. The highest BCUT2D eigenvalue weighted by atomic mass is 32.2. The molecule has 10 heteroatoms. The number of morpholine rings is 1. The van der Waals surface area contributed by atoms with Crippen molar-refractivity contribution in [3.8, 4) is 0 Å². The van der Waals surface area contributed by atoms with Crippen molar-refractivity contribution >= 4 is 29.2 Å². The predicted molar refractivity (Wildman–Crippen MR) is 93.0 cm³/mol. The van der Waals surface area contributed by atoms with E-state index in [0.717, 1.165) is 38.6 Å². The Hall–Kier alpha value is -2.30. The van der Waals surface area contributed by atoms with Crippen LogP contribution in [0.15, 0.2) is 32.8 Å². The molecule has 3 rings (SSSR count). The number of carbonyl (C=O) groups is 1. The molecule has 1 fully saturated rings. The number of furan rings is 1. The summed E-state index contributed by atoms with van der Waals surface area (Å²) in [6.45, 7) is 4.50. The molecule has 0 unspecified atom stereocenters. The fraction of sp³-hybridized carbons (Fsp3) is 0.400. The highest BCUT2D eigenvalue weighted by molar-refractivity contribution is 7.99.